The van der Waals surface area contributed by atoms with E-state index in [0.29, 0.717) is 44.3 Å². The van der Waals surface area contributed by atoms with E-state index >= 15 is 0 Å². The highest BCUT2D eigenvalue weighted by atomic mass is 19.1. The van der Waals surface area contributed by atoms with Gasteiger partial charge in [-0.05, 0) is 25.0 Å². The first-order valence-corrected chi connectivity index (χ1v) is 7.90. The van der Waals surface area contributed by atoms with Crippen molar-refractivity contribution in [1.82, 2.24) is 4.90 Å². The molecule has 1 aromatic carbocycles. The van der Waals surface area contributed by atoms with Crippen molar-refractivity contribution in [1.29, 1.82) is 0 Å². The molecular weight excluding hydrogens is 303 g/mol. The van der Waals surface area contributed by atoms with Gasteiger partial charge in [0.1, 0.15) is 18.2 Å². The van der Waals surface area contributed by atoms with Gasteiger partial charge in [-0.3, -0.25) is 0 Å². The van der Waals surface area contributed by atoms with E-state index in [9.17, 15) is 9.18 Å². The summed E-state index contributed by atoms with van der Waals surface area (Å²) in [5, 5.41) is 2.72. The maximum Gasteiger partial charge on any atom is 0.322 e. The van der Waals surface area contributed by atoms with E-state index in [1.807, 2.05) is 0 Å². The standard InChI is InChI=1S/C16H21FN2O4/c17-12-3-4-15(23-11-13-2-1-7-22-13)14(10-12)18-16(20)19-5-8-21-9-6-19/h3-4,10,13H,1-2,5-9,11H2,(H,18,20). The number of ether oxygens (including phenoxy) is 3. The summed E-state index contributed by atoms with van der Waals surface area (Å²) in [6.07, 6.45) is 2.04. The number of rotatable bonds is 4. The quantitative estimate of drug-likeness (QED) is 0.923. The van der Waals surface area contributed by atoms with Crippen molar-refractivity contribution >= 4 is 11.7 Å². The van der Waals surface area contributed by atoms with Gasteiger partial charge in [-0.25, -0.2) is 9.18 Å². The molecule has 0 radical (unpaired) electrons. The third-order valence-electron chi connectivity index (χ3n) is 3.93. The lowest BCUT2D eigenvalue weighted by atomic mass is 10.2. The molecule has 1 unspecified atom stereocenters. The van der Waals surface area contributed by atoms with Gasteiger partial charge in [0.2, 0.25) is 0 Å². The molecule has 7 heteroatoms. The second kappa shape index (κ2) is 7.61. The van der Waals surface area contributed by atoms with Gasteiger partial charge in [-0.2, -0.15) is 0 Å². The number of anilines is 1. The molecule has 23 heavy (non-hydrogen) atoms. The van der Waals surface area contributed by atoms with Gasteiger partial charge in [0.15, 0.2) is 0 Å². The van der Waals surface area contributed by atoms with Crippen LogP contribution in [0, 0.1) is 5.82 Å². The van der Waals surface area contributed by atoms with Gasteiger partial charge in [-0.1, -0.05) is 0 Å². The number of carbonyl (C=O) groups excluding carboxylic acids is 1. The molecule has 2 heterocycles. The van der Waals surface area contributed by atoms with Crippen molar-refractivity contribution in [3.63, 3.8) is 0 Å². The molecular formula is C16H21FN2O4. The second-order valence-corrected chi connectivity index (χ2v) is 5.62. The maximum absolute atomic E-state index is 13.5. The Kier molecular flexibility index (Phi) is 5.30. The van der Waals surface area contributed by atoms with Gasteiger partial charge in [0.25, 0.3) is 0 Å². The van der Waals surface area contributed by atoms with Gasteiger partial charge >= 0.3 is 6.03 Å². The van der Waals surface area contributed by atoms with Crippen molar-refractivity contribution in [3.8, 4) is 5.75 Å². The molecule has 0 aromatic heterocycles. The predicted octanol–water partition coefficient (Wildman–Crippen LogP) is 2.25. The number of hydrogen-bond donors (Lipinski definition) is 1. The van der Waals surface area contributed by atoms with Crippen LogP contribution in [0.5, 0.6) is 5.75 Å². The lowest BCUT2D eigenvalue weighted by Gasteiger charge is -2.27. The van der Waals surface area contributed by atoms with Gasteiger partial charge < -0.3 is 24.4 Å². The number of morpholine rings is 1. The topological polar surface area (TPSA) is 60.0 Å². The molecule has 0 spiro atoms. The minimum Gasteiger partial charge on any atom is -0.489 e. The lowest BCUT2D eigenvalue weighted by molar-refractivity contribution is 0.0564. The van der Waals surface area contributed by atoms with Crippen LogP contribution in [-0.2, 0) is 9.47 Å². The molecule has 126 valence electrons. The minimum atomic E-state index is -0.424. The first-order chi connectivity index (χ1) is 11.2. The van der Waals surface area contributed by atoms with Crippen molar-refractivity contribution in [3.05, 3.63) is 24.0 Å². The number of benzene rings is 1. The largest absolute Gasteiger partial charge is 0.489 e. The van der Waals surface area contributed by atoms with E-state index in [1.165, 1.54) is 18.2 Å². The first-order valence-electron chi connectivity index (χ1n) is 7.90. The summed E-state index contributed by atoms with van der Waals surface area (Å²) in [6, 6.07) is 3.83. The normalized spacial score (nSPS) is 21.3. The van der Waals surface area contributed by atoms with Crippen molar-refractivity contribution in [2.24, 2.45) is 0 Å². The van der Waals surface area contributed by atoms with E-state index < -0.39 is 5.82 Å². The van der Waals surface area contributed by atoms with E-state index in [1.54, 1.807) is 4.90 Å². The zero-order valence-corrected chi connectivity index (χ0v) is 12.9. The molecule has 1 aromatic rings. The highest BCUT2D eigenvalue weighted by molar-refractivity contribution is 5.91. The molecule has 2 aliphatic rings. The lowest BCUT2D eigenvalue weighted by Crippen LogP contribution is -2.43. The fourth-order valence-electron chi connectivity index (χ4n) is 2.64. The molecule has 0 aliphatic carbocycles. The Morgan fingerprint density at radius 2 is 2.17 bits per heavy atom. The number of carbonyl (C=O) groups is 1. The van der Waals surface area contributed by atoms with Gasteiger partial charge in [-0.15, -0.1) is 0 Å². The van der Waals surface area contributed by atoms with Gasteiger partial charge in [0, 0.05) is 25.8 Å². The molecule has 2 aliphatic heterocycles. The second-order valence-electron chi connectivity index (χ2n) is 5.62. The highest BCUT2D eigenvalue weighted by Gasteiger charge is 2.20. The number of nitrogens with one attached hydrogen (secondary N) is 1. The maximum atomic E-state index is 13.5. The Bertz CT molecular complexity index is 543. The number of nitrogens with zero attached hydrogens (tertiary/aromatic N) is 1. The van der Waals surface area contributed by atoms with Crippen LogP contribution in [0.25, 0.3) is 0 Å². The average Bonchev–Trinajstić information content (AvgIpc) is 3.08. The first kappa shape index (κ1) is 16.0. The van der Waals surface area contributed by atoms with Crippen LogP contribution in [0.1, 0.15) is 12.8 Å². The van der Waals surface area contributed by atoms with Crippen LogP contribution >= 0.6 is 0 Å². The van der Waals surface area contributed by atoms with Crippen LogP contribution in [0.4, 0.5) is 14.9 Å². The Hall–Kier alpha value is -1.86. The molecule has 0 bridgehead atoms. The Morgan fingerprint density at radius 3 is 2.91 bits per heavy atom. The molecule has 3 rings (SSSR count). The van der Waals surface area contributed by atoms with Crippen molar-refractivity contribution in [2.75, 3.05) is 44.8 Å². The molecule has 2 amide bonds. The summed E-state index contributed by atoms with van der Waals surface area (Å²) in [6.45, 7) is 3.21. The smallest absolute Gasteiger partial charge is 0.322 e. The highest BCUT2D eigenvalue weighted by Crippen LogP contribution is 2.27. The summed E-state index contributed by atoms with van der Waals surface area (Å²) in [5.41, 5.74) is 0.333. The summed E-state index contributed by atoms with van der Waals surface area (Å²) in [7, 11) is 0. The SMILES string of the molecule is O=C(Nc1cc(F)ccc1OCC1CCCO1)N1CCOCC1. The minimum absolute atomic E-state index is 0.0582. The van der Waals surface area contributed by atoms with Crippen LogP contribution < -0.4 is 10.1 Å². The van der Waals surface area contributed by atoms with Crippen LogP contribution in [0.2, 0.25) is 0 Å². The Labute approximate surface area is 134 Å². The zero-order chi connectivity index (χ0) is 16.1. The van der Waals surface area contributed by atoms with E-state index in [-0.39, 0.29) is 12.1 Å². The van der Waals surface area contributed by atoms with E-state index in [0.717, 1.165) is 19.4 Å². The Balaban J connectivity index is 1.64. The van der Waals surface area contributed by atoms with Crippen molar-refractivity contribution < 1.29 is 23.4 Å². The summed E-state index contributed by atoms with van der Waals surface area (Å²) in [4.78, 5) is 13.9. The molecule has 1 N–H and O–H groups in total. The van der Waals surface area contributed by atoms with Crippen molar-refractivity contribution in [2.45, 2.75) is 18.9 Å². The predicted molar refractivity (Wildman–Crippen MR) is 82.3 cm³/mol. The van der Waals surface area contributed by atoms with Gasteiger partial charge in [0.05, 0.1) is 25.0 Å². The molecule has 0 saturated carbocycles. The van der Waals surface area contributed by atoms with Crippen LogP contribution in [0.3, 0.4) is 0 Å². The summed E-state index contributed by atoms with van der Waals surface area (Å²) in [5.74, 6) is 0.0234. The summed E-state index contributed by atoms with van der Waals surface area (Å²) >= 11 is 0. The molecule has 1 atom stereocenters. The third kappa shape index (κ3) is 4.33. The zero-order valence-electron chi connectivity index (χ0n) is 12.9. The number of hydrogen-bond acceptors (Lipinski definition) is 4. The molecule has 6 nitrogen and oxygen atoms in total. The fraction of sp³-hybridized carbons (Fsp3) is 0.562. The summed E-state index contributed by atoms with van der Waals surface area (Å²) < 4.78 is 30.0. The molecule has 2 fully saturated rings. The van der Waals surface area contributed by atoms with Crippen LogP contribution in [0.15, 0.2) is 18.2 Å². The van der Waals surface area contributed by atoms with E-state index in [4.69, 9.17) is 14.2 Å². The average molecular weight is 324 g/mol. The van der Waals surface area contributed by atoms with Crippen LogP contribution in [-0.4, -0.2) is 56.6 Å². The third-order valence-corrected chi connectivity index (χ3v) is 3.93. The number of urea groups is 1. The number of amides is 2. The fourth-order valence-corrected chi connectivity index (χ4v) is 2.64. The monoisotopic (exact) mass is 324 g/mol. The van der Waals surface area contributed by atoms with E-state index in [2.05, 4.69) is 5.32 Å². The molecule has 2 saturated heterocycles. The Morgan fingerprint density at radius 1 is 1.35 bits per heavy atom. The number of halogens is 1.